The molecule has 0 N–H and O–H groups in total. The predicted octanol–water partition coefficient (Wildman–Crippen LogP) is 24.3. The van der Waals surface area contributed by atoms with Crippen molar-refractivity contribution >= 4 is 19.8 Å². The van der Waals surface area contributed by atoms with E-state index >= 15 is 0 Å². The second-order valence-electron chi connectivity index (χ2n) is 25.9. The third-order valence-electron chi connectivity index (χ3n) is 15.8. The zero-order chi connectivity index (χ0) is 66.9. The molecule has 0 bridgehead atoms. The molecule has 0 heterocycles. The monoisotopic (exact) mass is 1300 g/mol. The first-order valence-electron chi connectivity index (χ1n) is 37.5. The van der Waals surface area contributed by atoms with E-state index in [1.807, 2.05) is 21.1 Å². The second-order valence-corrected chi connectivity index (χ2v) is 27.3. The highest BCUT2D eigenvalue weighted by Gasteiger charge is 2.22. The van der Waals surface area contributed by atoms with Crippen LogP contribution in [0.3, 0.4) is 0 Å². The average Bonchev–Trinajstić information content (AvgIpc) is 2.14. The van der Waals surface area contributed by atoms with Gasteiger partial charge in [-0.3, -0.25) is 14.2 Å². The fourth-order valence-electron chi connectivity index (χ4n) is 10.1. The summed E-state index contributed by atoms with van der Waals surface area (Å²) in [6.07, 6.45) is 105. The van der Waals surface area contributed by atoms with Crippen molar-refractivity contribution in [2.24, 2.45) is 0 Å². The largest absolute Gasteiger partial charge is 0.756 e. The van der Waals surface area contributed by atoms with Crippen LogP contribution in [-0.4, -0.2) is 70.0 Å². The summed E-state index contributed by atoms with van der Waals surface area (Å²) in [5, 5.41) is 0. The number of ether oxygens (including phenoxy) is 2. The number of quaternary nitrogens is 1. The van der Waals surface area contributed by atoms with Crippen LogP contribution in [0, 0.1) is 0 Å². The van der Waals surface area contributed by atoms with Crippen LogP contribution in [0.15, 0.2) is 146 Å². The quantitative estimate of drug-likeness (QED) is 0.0195. The van der Waals surface area contributed by atoms with E-state index < -0.39 is 26.5 Å². The third-order valence-corrected chi connectivity index (χ3v) is 16.8. The lowest BCUT2D eigenvalue weighted by molar-refractivity contribution is -0.870. The summed E-state index contributed by atoms with van der Waals surface area (Å²) in [6, 6.07) is 0. The van der Waals surface area contributed by atoms with Crippen LogP contribution in [0.5, 0.6) is 0 Å². The minimum atomic E-state index is -4.65. The molecule has 0 aromatic rings. The summed E-state index contributed by atoms with van der Waals surface area (Å²) in [5.41, 5.74) is 0. The van der Waals surface area contributed by atoms with Gasteiger partial charge in [-0.2, -0.15) is 0 Å². The van der Waals surface area contributed by atoms with E-state index in [2.05, 4.69) is 160 Å². The van der Waals surface area contributed by atoms with Gasteiger partial charge in [0, 0.05) is 12.8 Å². The molecule has 0 saturated carbocycles. The number of carbonyl (C=O) groups is 2. The number of unbranched alkanes of at least 4 members (excludes halogenated alkanes) is 30. The van der Waals surface area contributed by atoms with Crippen molar-refractivity contribution in [3.05, 3.63) is 146 Å². The Balaban J connectivity index is 4.09. The van der Waals surface area contributed by atoms with E-state index in [0.29, 0.717) is 17.4 Å². The molecular weight excluding hydrogens is 1160 g/mol. The van der Waals surface area contributed by atoms with E-state index in [1.54, 1.807) is 0 Å². The van der Waals surface area contributed by atoms with Crippen molar-refractivity contribution in [3.63, 3.8) is 0 Å². The van der Waals surface area contributed by atoms with Gasteiger partial charge in [0.1, 0.15) is 19.8 Å². The molecule has 0 fully saturated rings. The van der Waals surface area contributed by atoms with Gasteiger partial charge in [-0.15, -0.1) is 0 Å². The Morgan fingerprint density at radius 1 is 0.348 bits per heavy atom. The lowest BCUT2D eigenvalue weighted by Crippen LogP contribution is -2.37. The molecular formula is C82H140NO8P. The number of phosphoric ester groups is 1. The van der Waals surface area contributed by atoms with Gasteiger partial charge in [-0.05, 0) is 122 Å². The summed E-state index contributed by atoms with van der Waals surface area (Å²) in [5.74, 6) is -0.842. The number of rotatable bonds is 68. The number of esters is 2. The summed E-state index contributed by atoms with van der Waals surface area (Å²) in [7, 11) is 1.15. The predicted molar refractivity (Wildman–Crippen MR) is 397 cm³/mol. The molecule has 2 atom stereocenters. The van der Waals surface area contributed by atoms with Gasteiger partial charge in [-0.25, -0.2) is 0 Å². The first kappa shape index (κ1) is 87.9. The number of phosphoric acid groups is 1. The van der Waals surface area contributed by atoms with Gasteiger partial charge in [0.05, 0.1) is 27.7 Å². The molecule has 9 nitrogen and oxygen atoms in total. The van der Waals surface area contributed by atoms with E-state index in [-0.39, 0.29) is 32.0 Å². The molecule has 526 valence electrons. The highest BCUT2D eigenvalue weighted by Crippen LogP contribution is 2.38. The number of carbonyl (C=O) groups excluding carboxylic acids is 2. The lowest BCUT2D eigenvalue weighted by Gasteiger charge is -2.28. The van der Waals surface area contributed by atoms with Gasteiger partial charge in [0.25, 0.3) is 7.82 Å². The van der Waals surface area contributed by atoms with E-state index in [9.17, 15) is 19.0 Å². The molecule has 0 amide bonds. The molecule has 0 aliphatic heterocycles. The molecule has 0 spiro atoms. The fraction of sp³-hybridized carbons (Fsp3) is 0.683. The maximum absolute atomic E-state index is 12.9. The fourth-order valence-corrected chi connectivity index (χ4v) is 10.9. The normalized spacial score (nSPS) is 13.9. The Morgan fingerprint density at radius 3 is 0.924 bits per heavy atom. The SMILES string of the molecule is CC/C=C\C/C=C\C/C=C\C/C=C\C/C=C\C/C=C\C/C=C\C/C=C\C/C=C\C/C=C\CCCCCCCCCCC(=O)OC(COC(=O)CCCCCCCCCCCCCCCCCCC/C=C\C/C=C\CCCCCCC)COP(=O)([O-])OCC[N+](C)(C)C. The standard InChI is InChI=1S/C82H140NO8P/c1-6-8-10-12-14-16-18-20-22-24-26-28-30-32-34-36-37-38-39-40-41-42-43-44-45-47-49-51-53-55-57-59-61-63-65-67-69-71-73-75-82(85)91-80(79-90-92(86,87)89-77-76-83(3,4)5)78-88-81(84)74-72-70-68-66-64-62-60-58-56-54-52-50-48-46-35-33-31-29-27-25-23-21-19-17-15-13-11-9-7-2/h8,10,14,16,19-22,25-28,32,34,37-38,40-41,43-44,47,49,53,55,80H,6-7,9,11-13,15,17-18,23-24,29-31,33,35-36,39,42,45-46,48,50-52,54,56-79H2,1-5H3/b10-8-,16-14-,21-19-,22-20-,27-25-,28-26-,34-32-,38-37-,41-40-,44-43-,49-47-,55-53-. The molecule has 0 saturated heterocycles. The van der Waals surface area contributed by atoms with Gasteiger partial charge < -0.3 is 27.9 Å². The highest BCUT2D eigenvalue weighted by molar-refractivity contribution is 7.45. The van der Waals surface area contributed by atoms with Crippen molar-refractivity contribution in [1.29, 1.82) is 0 Å². The number of allylic oxidation sites excluding steroid dienone is 24. The summed E-state index contributed by atoms with van der Waals surface area (Å²) >= 11 is 0. The molecule has 10 heteroatoms. The zero-order valence-corrected chi connectivity index (χ0v) is 60.8. The maximum Gasteiger partial charge on any atom is 0.306 e. The van der Waals surface area contributed by atoms with Crippen LogP contribution >= 0.6 is 7.82 Å². The Morgan fingerprint density at radius 2 is 0.620 bits per heavy atom. The molecule has 0 aliphatic carbocycles. The van der Waals surface area contributed by atoms with Crippen LogP contribution < -0.4 is 4.89 Å². The van der Waals surface area contributed by atoms with Crippen LogP contribution in [0.25, 0.3) is 0 Å². The number of nitrogens with zero attached hydrogens (tertiary/aromatic N) is 1. The van der Waals surface area contributed by atoms with Crippen LogP contribution in [0.1, 0.15) is 309 Å². The van der Waals surface area contributed by atoms with Crippen molar-refractivity contribution in [3.8, 4) is 0 Å². The van der Waals surface area contributed by atoms with Crippen molar-refractivity contribution in [2.45, 2.75) is 315 Å². The zero-order valence-electron chi connectivity index (χ0n) is 59.9. The van der Waals surface area contributed by atoms with Gasteiger partial charge in [0.2, 0.25) is 0 Å². The van der Waals surface area contributed by atoms with Crippen LogP contribution in [0.2, 0.25) is 0 Å². The number of likely N-dealkylation sites (N-methyl/N-ethyl adjacent to an activating group) is 1. The van der Waals surface area contributed by atoms with E-state index in [4.69, 9.17) is 18.5 Å². The molecule has 0 rings (SSSR count). The third kappa shape index (κ3) is 74.9. The Kier molecular flexibility index (Phi) is 68.0. The number of hydrogen-bond acceptors (Lipinski definition) is 8. The Bertz CT molecular complexity index is 2070. The first-order valence-corrected chi connectivity index (χ1v) is 39.0. The van der Waals surface area contributed by atoms with Crippen molar-refractivity contribution in [1.82, 2.24) is 0 Å². The number of hydrogen-bond donors (Lipinski definition) is 0. The van der Waals surface area contributed by atoms with Crippen LogP contribution in [-0.2, 0) is 32.7 Å². The minimum Gasteiger partial charge on any atom is -0.756 e. The van der Waals surface area contributed by atoms with E-state index in [0.717, 1.165) is 116 Å². The maximum atomic E-state index is 12.9. The first-order chi connectivity index (χ1) is 45.0. The molecule has 2 unspecified atom stereocenters. The van der Waals surface area contributed by atoms with Crippen molar-refractivity contribution < 1.29 is 42.1 Å². The van der Waals surface area contributed by atoms with Gasteiger partial charge in [0.15, 0.2) is 6.10 Å². The molecule has 0 radical (unpaired) electrons. The van der Waals surface area contributed by atoms with Gasteiger partial charge in [-0.1, -0.05) is 320 Å². The summed E-state index contributed by atoms with van der Waals surface area (Å²) < 4.78 is 34.3. The molecule has 0 aromatic heterocycles. The van der Waals surface area contributed by atoms with Crippen LogP contribution in [0.4, 0.5) is 0 Å². The second kappa shape index (κ2) is 71.2. The molecule has 0 aliphatic rings. The lowest BCUT2D eigenvalue weighted by atomic mass is 10.0. The Hall–Kier alpha value is -4.11. The minimum absolute atomic E-state index is 0.0383. The van der Waals surface area contributed by atoms with Gasteiger partial charge >= 0.3 is 11.9 Å². The molecule has 92 heavy (non-hydrogen) atoms. The molecule has 0 aromatic carbocycles. The summed E-state index contributed by atoms with van der Waals surface area (Å²) in [4.78, 5) is 38.1. The summed E-state index contributed by atoms with van der Waals surface area (Å²) in [6.45, 7) is 4.12. The topological polar surface area (TPSA) is 111 Å². The highest BCUT2D eigenvalue weighted by atomic mass is 31.2. The van der Waals surface area contributed by atoms with E-state index in [1.165, 1.54) is 161 Å². The van der Waals surface area contributed by atoms with Crippen molar-refractivity contribution in [2.75, 3.05) is 47.5 Å². The average molecular weight is 1300 g/mol. The Labute approximate surface area is 567 Å². The smallest absolute Gasteiger partial charge is 0.306 e.